The standard InChI is InChI=1S/C32H52FN3O/c1-26(2)35-20-16-27(17-21-35)18-22-36-24-23-34(25-31(36)28-12-14-30(33)15-13-28)19-8-11-32(37)29-9-6-4-3-5-7-10-29/h12-15,26-27,29,31H,3-11,16-25H2,1-2H3. The summed E-state index contributed by atoms with van der Waals surface area (Å²) in [6.45, 7) is 12.3. The fraction of sp³-hybridized carbons (Fsp3) is 0.781. The predicted octanol–water partition coefficient (Wildman–Crippen LogP) is 6.70. The summed E-state index contributed by atoms with van der Waals surface area (Å²) < 4.78 is 13.7. The van der Waals surface area contributed by atoms with Crippen LogP contribution in [0, 0.1) is 17.7 Å². The number of benzene rings is 1. The van der Waals surface area contributed by atoms with Gasteiger partial charge in [0.2, 0.25) is 0 Å². The molecule has 0 bridgehead atoms. The lowest BCUT2D eigenvalue weighted by molar-refractivity contribution is -0.123. The number of halogens is 1. The number of piperidine rings is 1. The Labute approximate surface area is 226 Å². The zero-order valence-corrected chi connectivity index (χ0v) is 23.7. The molecule has 4 rings (SSSR count). The van der Waals surface area contributed by atoms with Gasteiger partial charge in [-0.05, 0) is 102 Å². The molecule has 0 spiro atoms. The molecule has 3 aliphatic rings. The van der Waals surface area contributed by atoms with Gasteiger partial charge in [-0.2, -0.15) is 0 Å². The molecule has 4 nitrogen and oxygen atoms in total. The van der Waals surface area contributed by atoms with E-state index in [0.29, 0.717) is 23.8 Å². The van der Waals surface area contributed by atoms with E-state index in [-0.39, 0.29) is 5.82 Å². The second kappa shape index (κ2) is 14.7. The quantitative estimate of drug-likeness (QED) is 0.348. The van der Waals surface area contributed by atoms with Crippen molar-refractivity contribution in [3.63, 3.8) is 0 Å². The number of carbonyl (C=O) groups is 1. The van der Waals surface area contributed by atoms with Gasteiger partial charge in [-0.1, -0.05) is 44.2 Å². The molecule has 0 N–H and O–H groups in total. The highest BCUT2D eigenvalue weighted by molar-refractivity contribution is 5.80. The first-order valence-electron chi connectivity index (χ1n) is 15.5. The van der Waals surface area contributed by atoms with Crippen molar-refractivity contribution in [2.45, 2.75) is 103 Å². The number of nitrogens with zero attached hydrogens (tertiary/aromatic N) is 3. The molecule has 1 atom stereocenters. The highest BCUT2D eigenvalue weighted by atomic mass is 19.1. The summed E-state index contributed by atoms with van der Waals surface area (Å²) in [5.41, 5.74) is 1.23. The van der Waals surface area contributed by atoms with E-state index in [4.69, 9.17) is 0 Å². The lowest BCUT2D eigenvalue weighted by atomic mass is 9.86. The average Bonchev–Trinajstić information content (AvgIpc) is 2.88. The molecular formula is C32H52FN3O. The molecule has 0 amide bonds. The van der Waals surface area contributed by atoms with Crippen molar-refractivity contribution in [3.8, 4) is 0 Å². The summed E-state index contributed by atoms with van der Waals surface area (Å²) >= 11 is 0. The van der Waals surface area contributed by atoms with Gasteiger partial charge in [0.25, 0.3) is 0 Å². The van der Waals surface area contributed by atoms with Crippen molar-refractivity contribution < 1.29 is 9.18 Å². The topological polar surface area (TPSA) is 26.8 Å². The molecular weight excluding hydrogens is 461 g/mol. The predicted molar refractivity (Wildman–Crippen MR) is 151 cm³/mol. The van der Waals surface area contributed by atoms with Crippen LogP contribution in [-0.2, 0) is 4.79 Å². The van der Waals surface area contributed by atoms with Crippen molar-refractivity contribution in [2.24, 2.45) is 11.8 Å². The highest BCUT2D eigenvalue weighted by Crippen LogP contribution is 2.29. The summed E-state index contributed by atoms with van der Waals surface area (Å²) in [6.07, 6.45) is 14.2. The zero-order valence-electron chi connectivity index (χ0n) is 23.7. The van der Waals surface area contributed by atoms with E-state index in [2.05, 4.69) is 28.5 Å². The minimum Gasteiger partial charge on any atom is -0.301 e. The summed E-state index contributed by atoms with van der Waals surface area (Å²) in [5, 5.41) is 0. The van der Waals surface area contributed by atoms with Crippen LogP contribution in [0.4, 0.5) is 4.39 Å². The van der Waals surface area contributed by atoms with Gasteiger partial charge >= 0.3 is 0 Å². The molecule has 3 fully saturated rings. The summed E-state index contributed by atoms with van der Waals surface area (Å²) in [7, 11) is 0. The van der Waals surface area contributed by atoms with E-state index < -0.39 is 0 Å². The Morgan fingerprint density at radius 2 is 1.57 bits per heavy atom. The molecule has 37 heavy (non-hydrogen) atoms. The van der Waals surface area contributed by atoms with Gasteiger partial charge in [0, 0.05) is 44.1 Å². The van der Waals surface area contributed by atoms with Crippen LogP contribution in [-0.4, -0.2) is 72.3 Å². The summed E-state index contributed by atoms with van der Waals surface area (Å²) in [5.74, 6) is 1.49. The van der Waals surface area contributed by atoms with Crippen LogP contribution < -0.4 is 0 Å². The van der Waals surface area contributed by atoms with Crippen molar-refractivity contribution in [1.29, 1.82) is 0 Å². The first kappa shape index (κ1) is 28.7. The van der Waals surface area contributed by atoms with Crippen molar-refractivity contribution >= 4 is 5.78 Å². The van der Waals surface area contributed by atoms with Gasteiger partial charge in [0.1, 0.15) is 11.6 Å². The molecule has 2 saturated heterocycles. The highest BCUT2D eigenvalue weighted by Gasteiger charge is 2.30. The SMILES string of the molecule is CC(C)N1CCC(CCN2CCN(CCCC(=O)C3CCCCCCC3)CC2c2ccc(F)cc2)CC1. The monoisotopic (exact) mass is 513 g/mol. The van der Waals surface area contributed by atoms with Crippen molar-refractivity contribution in [2.75, 3.05) is 45.8 Å². The molecule has 0 radical (unpaired) electrons. The summed E-state index contributed by atoms with van der Waals surface area (Å²) in [6, 6.07) is 8.16. The third kappa shape index (κ3) is 8.86. The molecule has 1 aromatic rings. The minimum absolute atomic E-state index is 0.160. The van der Waals surface area contributed by atoms with Gasteiger partial charge in [0.15, 0.2) is 0 Å². The molecule has 208 valence electrons. The van der Waals surface area contributed by atoms with E-state index >= 15 is 0 Å². The fourth-order valence-electron chi connectivity index (χ4n) is 6.91. The number of Topliss-reactive ketones (excluding diaryl/α,β-unsaturated/α-hetero) is 1. The maximum Gasteiger partial charge on any atom is 0.136 e. The normalized spacial score (nSPS) is 24.3. The van der Waals surface area contributed by atoms with Crippen LogP contribution in [0.25, 0.3) is 0 Å². The Hall–Kier alpha value is -1.30. The Bertz CT molecular complexity index is 797. The van der Waals surface area contributed by atoms with E-state index in [9.17, 15) is 9.18 Å². The van der Waals surface area contributed by atoms with E-state index in [1.165, 1.54) is 70.0 Å². The second-order valence-electron chi connectivity index (χ2n) is 12.4. The maximum absolute atomic E-state index is 13.7. The van der Waals surface area contributed by atoms with Gasteiger partial charge < -0.3 is 9.80 Å². The molecule has 1 saturated carbocycles. The Kier molecular flexibility index (Phi) is 11.4. The van der Waals surface area contributed by atoms with E-state index in [1.807, 2.05) is 12.1 Å². The first-order valence-corrected chi connectivity index (χ1v) is 15.5. The molecule has 2 aliphatic heterocycles. The third-order valence-electron chi connectivity index (χ3n) is 9.49. The Balaban J connectivity index is 1.27. The number of rotatable bonds is 10. The fourth-order valence-corrected chi connectivity index (χ4v) is 6.91. The van der Waals surface area contributed by atoms with E-state index in [0.717, 1.165) is 64.3 Å². The minimum atomic E-state index is -0.160. The number of hydrogen-bond acceptors (Lipinski definition) is 4. The Morgan fingerprint density at radius 1 is 0.892 bits per heavy atom. The van der Waals surface area contributed by atoms with Crippen LogP contribution in [0.5, 0.6) is 0 Å². The molecule has 2 heterocycles. The lowest BCUT2D eigenvalue weighted by Crippen LogP contribution is -2.49. The number of carbonyl (C=O) groups excluding carboxylic acids is 1. The third-order valence-corrected chi connectivity index (χ3v) is 9.49. The average molecular weight is 514 g/mol. The lowest BCUT2D eigenvalue weighted by Gasteiger charge is -2.43. The van der Waals surface area contributed by atoms with Crippen LogP contribution in [0.3, 0.4) is 0 Å². The molecule has 1 aliphatic carbocycles. The second-order valence-corrected chi connectivity index (χ2v) is 12.4. The van der Waals surface area contributed by atoms with Crippen molar-refractivity contribution in [3.05, 3.63) is 35.6 Å². The van der Waals surface area contributed by atoms with Gasteiger partial charge in [-0.25, -0.2) is 4.39 Å². The van der Waals surface area contributed by atoms with Gasteiger partial charge in [0.05, 0.1) is 0 Å². The zero-order chi connectivity index (χ0) is 26.0. The van der Waals surface area contributed by atoms with Gasteiger partial charge in [-0.3, -0.25) is 9.69 Å². The van der Waals surface area contributed by atoms with Crippen LogP contribution in [0.1, 0.15) is 103 Å². The molecule has 1 aromatic carbocycles. The molecule has 1 unspecified atom stereocenters. The molecule has 5 heteroatoms. The van der Waals surface area contributed by atoms with Crippen LogP contribution >= 0.6 is 0 Å². The molecule has 0 aromatic heterocycles. The number of piperazine rings is 1. The number of ketones is 1. The number of hydrogen-bond donors (Lipinski definition) is 0. The van der Waals surface area contributed by atoms with Crippen LogP contribution in [0.15, 0.2) is 24.3 Å². The van der Waals surface area contributed by atoms with Crippen molar-refractivity contribution in [1.82, 2.24) is 14.7 Å². The maximum atomic E-state index is 13.7. The van der Waals surface area contributed by atoms with E-state index in [1.54, 1.807) is 12.1 Å². The van der Waals surface area contributed by atoms with Gasteiger partial charge in [-0.15, -0.1) is 0 Å². The number of likely N-dealkylation sites (tertiary alicyclic amines) is 1. The van der Waals surface area contributed by atoms with Crippen LogP contribution in [0.2, 0.25) is 0 Å². The Morgan fingerprint density at radius 3 is 2.24 bits per heavy atom. The first-order chi connectivity index (χ1) is 18.0. The largest absolute Gasteiger partial charge is 0.301 e. The summed E-state index contributed by atoms with van der Waals surface area (Å²) in [4.78, 5) is 20.7. The smallest absolute Gasteiger partial charge is 0.136 e.